The molecule has 1 aromatic carbocycles. The van der Waals surface area contributed by atoms with Crippen molar-refractivity contribution < 1.29 is 14.6 Å². The summed E-state index contributed by atoms with van der Waals surface area (Å²) in [5, 5.41) is 15.3. The van der Waals surface area contributed by atoms with Gasteiger partial charge in [-0.15, -0.1) is 0 Å². The quantitative estimate of drug-likeness (QED) is 0.783. The van der Waals surface area contributed by atoms with Gasteiger partial charge in [-0.25, -0.2) is 4.79 Å². The number of urea groups is 1. The Bertz CT molecular complexity index is 519. The number of ether oxygens (including phenoxy) is 1. The summed E-state index contributed by atoms with van der Waals surface area (Å²) in [6, 6.07) is 5.61. The first-order valence-corrected chi connectivity index (χ1v) is 7.86. The molecule has 1 aliphatic carbocycles. The Labute approximate surface area is 132 Å². The topological polar surface area (TPSA) is 70.6 Å². The molecule has 0 aliphatic heterocycles. The average molecular weight is 306 g/mol. The molecule has 122 valence electrons. The lowest BCUT2D eigenvalue weighted by molar-refractivity contribution is 0.177. The van der Waals surface area contributed by atoms with Crippen molar-refractivity contribution in [2.75, 3.05) is 13.7 Å². The smallest absolute Gasteiger partial charge is 0.315 e. The monoisotopic (exact) mass is 306 g/mol. The lowest BCUT2D eigenvalue weighted by Gasteiger charge is -2.19. The number of benzene rings is 1. The van der Waals surface area contributed by atoms with Gasteiger partial charge in [-0.2, -0.15) is 0 Å². The molecule has 0 spiro atoms. The van der Waals surface area contributed by atoms with Crippen molar-refractivity contribution in [2.45, 2.75) is 45.3 Å². The second kappa shape index (κ2) is 7.49. The van der Waals surface area contributed by atoms with Crippen molar-refractivity contribution in [3.8, 4) is 5.75 Å². The minimum absolute atomic E-state index is 0.135. The third-order valence-corrected chi connectivity index (χ3v) is 4.26. The number of carbonyl (C=O) groups excluding carboxylic acids is 1. The molecule has 2 amide bonds. The van der Waals surface area contributed by atoms with Crippen molar-refractivity contribution in [1.29, 1.82) is 0 Å². The SMILES string of the molecule is COc1ccc(C)cc1[C@H](C)NC(=O)NC[C@H]1CC[C@@H](O)C1. The Balaban J connectivity index is 1.87. The first-order chi connectivity index (χ1) is 10.5. The number of methoxy groups -OCH3 is 1. The summed E-state index contributed by atoms with van der Waals surface area (Å²) < 4.78 is 5.36. The van der Waals surface area contributed by atoms with E-state index < -0.39 is 0 Å². The number of hydrogen-bond donors (Lipinski definition) is 3. The number of aliphatic hydroxyl groups excluding tert-OH is 1. The lowest BCUT2D eigenvalue weighted by Crippen LogP contribution is -2.39. The fraction of sp³-hybridized carbons (Fsp3) is 0.588. The van der Waals surface area contributed by atoms with Crippen molar-refractivity contribution in [3.63, 3.8) is 0 Å². The van der Waals surface area contributed by atoms with Gasteiger partial charge in [0.1, 0.15) is 5.75 Å². The van der Waals surface area contributed by atoms with Crippen LogP contribution in [0.2, 0.25) is 0 Å². The summed E-state index contributed by atoms with van der Waals surface area (Å²) >= 11 is 0. The molecule has 0 radical (unpaired) electrons. The van der Waals surface area contributed by atoms with Crippen LogP contribution < -0.4 is 15.4 Å². The summed E-state index contributed by atoms with van der Waals surface area (Å²) in [4.78, 5) is 12.0. The number of aryl methyl sites for hydroxylation is 1. The maximum absolute atomic E-state index is 12.0. The number of aliphatic hydroxyl groups is 1. The molecular weight excluding hydrogens is 280 g/mol. The zero-order valence-corrected chi connectivity index (χ0v) is 13.6. The predicted octanol–water partition coefficient (Wildman–Crippen LogP) is 2.52. The van der Waals surface area contributed by atoms with E-state index in [0.29, 0.717) is 12.5 Å². The van der Waals surface area contributed by atoms with E-state index in [1.807, 2.05) is 32.0 Å². The van der Waals surface area contributed by atoms with E-state index in [4.69, 9.17) is 4.74 Å². The molecule has 2 rings (SSSR count). The van der Waals surface area contributed by atoms with Crippen LogP contribution in [0.1, 0.15) is 43.4 Å². The van der Waals surface area contributed by atoms with E-state index in [0.717, 1.165) is 36.1 Å². The molecule has 0 bridgehead atoms. The van der Waals surface area contributed by atoms with Gasteiger partial charge in [-0.1, -0.05) is 17.7 Å². The van der Waals surface area contributed by atoms with E-state index in [-0.39, 0.29) is 18.2 Å². The van der Waals surface area contributed by atoms with Gasteiger partial charge in [-0.3, -0.25) is 0 Å². The van der Waals surface area contributed by atoms with Crippen LogP contribution in [0.15, 0.2) is 18.2 Å². The summed E-state index contributed by atoms with van der Waals surface area (Å²) in [5.74, 6) is 1.15. The van der Waals surface area contributed by atoms with Gasteiger partial charge in [0, 0.05) is 12.1 Å². The maximum Gasteiger partial charge on any atom is 0.315 e. The molecule has 1 aromatic rings. The van der Waals surface area contributed by atoms with E-state index in [9.17, 15) is 9.90 Å². The predicted molar refractivity (Wildman–Crippen MR) is 86.0 cm³/mol. The fourth-order valence-electron chi connectivity index (χ4n) is 2.99. The van der Waals surface area contributed by atoms with E-state index in [2.05, 4.69) is 10.6 Å². The van der Waals surface area contributed by atoms with Crippen LogP contribution >= 0.6 is 0 Å². The van der Waals surface area contributed by atoms with Crippen LogP contribution in [0.3, 0.4) is 0 Å². The lowest BCUT2D eigenvalue weighted by atomic mass is 10.0. The number of carbonyl (C=O) groups is 1. The minimum atomic E-state index is -0.203. The third-order valence-electron chi connectivity index (χ3n) is 4.26. The van der Waals surface area contributed by atoms with Crippen LogP contribution in [0.25, 0.3) is 0 Å². The molecule has 3 N–H and O–H groups in total. The second-order valence-electron chi connectivity index (χ2n) is 6.15. The van der Waals surface area contributed by atoms with Crippen molar-refractivity contribution in [1.82, 2.24) is 10.6 Å². The number of nitrogens with one attached hydrogen (secondary N) is 2. The first kappa shape index (κ1) is 16.6. The molecule has 0 saturated heterocycles. The zero-order chi connectivity index (χ0) is 16.1. The Morgan fingerprint density at radius 3 is 2.86 bits per heavy atom. The van der Waals surface area contributed by atoms with Crippen LogP contribution in [0, 0.1) is 12.8 Å². The molecule has 1 fully saturated rings. The van der Waals surface area contributed by atoms with Crippen LogP contribution in [-0.2, 0) is 0 Å². The Hall–Kier alpha value is -1.75. The maximum atomic E-state index is 12.0. The highest BCUT2D eigenvalue weighted by molar-refractivity contribution is 5.74. The summed E-state index contributed by atoms with van der Waals surface area (Å²) in [6.07, 6.45) is 2.39. The average Bonchev–Trinajstić information content (AvgIpc) is 2.90. The molecule has 5 nitrogen and oxygen atoms in total. The van der Waals surface area contributed by atoms with Gasteiger partial charge in [0.15, 0.2) is 0 Å². The van der Waals surface area contributed by atoms with Gasteiger partial charge in [0.25, 0.3) is 0 Å². The molecule has 0 unspecified atom stereocenters. The normalized spacial score (nSPS) is 22.2. The Morgan fingerprint density at radius 1 is 1.45 bits per heavy atom. The number of rotatable bonds is 5. The van der Waals surface area contributed by atoms with Gasteiger partial charge >= 0.3 is 6.03 Å². The van der Waals surface area contributed by atoms with Crippen LogP contribution in [0.5, 0.6) is 5.75 Å². The van der Waals surface area contributed by atoms with Gasteiger partial charge in [0.05, 0.1) is 19.3 Å². The van der Waals surface area contributed by atoms with Gasteiger partial charge in [-0.05, 0) is 45.1 Å². The second-order valence-corrected chi connectivity index (χ2v) is 6.15. The fourth-order valence-corrected chi connectivity index (χ4v) is 2.99. The highest BCUT2D eigenvalue weighted by atomic mass is 16.5. The number of amides is 2. The van der Waals surface area contributed by atoms with Crippen molar-refractivity contribution in [3.05, 3.63) is 29.3 Å². The van der Waals surface area contributed by atoms with Gasteiger partial charge in [0.2, 0.25) is 0 Å². The van der Waals surface area contributed by atoms with E-state index >= 15 is 0 Å². The summed E-state index contributed by atoms with van der Waals surface area (Å²) in [6.45, 7) is 4.57. The van der Waals surface area contributed by atoms with E-state index in [1.165, 1.54) is 0 Å². The highest BCUT2D eigenvalue weighted by Gasteiger charge is 2.23. The van der Waals surface area contributed by atoms with Crippen molar-refractivity contribution >= 4 is 6.03 Å². The molecule has 1 saturated carbocycles. The Morgan fingerprint density at radius 2 is 2.23 bits per heavy atom. The highest BCUT2D eigenvalue weighted by Crippen LogP contribution is 2.26. The zero-order valence-electron chi connectivity index (χ0n) is 13.6. The van der Waals surface area contributed by atoms with E-state index in [1.54, 1.807) is 7.11 Å². The molecule has 5 heteroatoms. The largest absolute Gasteiger partial charge is 0.496 e. The molecule has 3 atom stereocenters. The molecule has 22 heavy (non-hydrogen) atoms. The summed E-state index contributed by atoms with van der Waals surface area (Å²) in [7, 11) is 1.63. The summed E-state index contributed by atoms with van der Waals surface area (Å²) in [5.41, 5.74) is 2.10. The first-order valence-electron chi connectivity index (χ1n) is 7.86. The Kier molecular flexibility index (Phi) is 5.66. The van der Waals surface area contributed by atoms with Crippen molar-refractivity contribution in [2.24, 2.45) is 5.92 Å². The standard InChI is InChI=1S/C17H26N2O3/c1-11-4-7-16(22-3)15(8-11)12(2)19-17(21)18-10-13-5-6-14(20)9-13/h4,7-8,12-14,20H,5-6,9-10H2,1-3H3,(H2,18,19,21)/t12-,13-,14+/m0/s1. The van der Waals surface area contributed by atoms with Crippen LogP contribution in [-0.4, -0.2) is 30.9 Å². The molecule has 0 aromatic heterocycles. The minimum Gasteiger partial charge on any atom is -0.496 e. The molecule has 1 aliphatic rings. The molecule has 0 heterocycles. The third kappa shape index (κ3) is 4.37. The molecular formula is C17H26N2O3. The van der Waals surface area contributed by atoms with Crippen LogP contribution in [0.4, 0.5) is 4.79 Å². The van der Waals surface area contributed by atoms with Gasteiger partial charge < -0.3 is 20.5 Å². The number of hydrogen-bond acceptors (Lipinski definition) is 3.